The first kappa shape index (κ1) is 18.6. The molecule has 4 nitrogen and oxygen atoms in total. The third-order valence-corrected chi connectivity index (χ3v) is 3.03. The van der Waals surface area contributed by atoms with E-state index in [0.29, 0.717) is 6.20 Å². The summed E-state index contributed by atoms with van der Waals surface area (Å²) in [5.41, 5.74) is -1.28. The van der Waals surface area contributed by atoms with E-state index < -0.39 is 36.5 Å². The van der Waals surface area contributed by atoms with Crippen LogP contribution in [0.3, 0.4) is 0 Å². The summed E-state index contributed by atoms with van der Waals surface area (Å²) in [6.45, 7) is 1.64. The minimum absolute atomic E-state index is 0.0828. The minimum Gasteiger partial charge on any atom is -0.466 e. The SMILES string of the molecule is CCOC(=O)Cc1ncc(OC(F)(F)F)c(C(F)F)c1CBr. The minimum atomic E-state index is -5.13. The fourth-order valence-electron chi connectivity index (χ4n) is 1.68. The smallest absolute Gasteiger partial charge is 0.466 e. The van der Waals surface area contributed by atoms with Crippen LogP contribution in [0, 0.1) is 0 Å². The van der Waals surface area contributed by atoms with Crippen molar-refractivity contribution in [2.45, 2.75) is 31.5 Å². The van der Waals surface area contributed by atoms with E-state index in [-0.39, 0.29) is 23.2 Å². The molecule has 1 rings (SSSR count). The highest BCUT2D eigenvalue weighted by Crippen LogP contribution is 2.37. The van der Waals surface area contributed by atoms with Crippen molar-refractivity contribution in [3.8, 4) is 5.75 Å². The molecule has 22 heavy (non-hydrogen) atoms. The van der Waals surface area contributed by atoms with Gasteiger partial charge in [-0.2, -0.15) is 0 Å². The maximum atomic E-state index is 13.1. The first-order valence-electron chi connectivity index (χ1n) is 5.95. The Morgan fingerprint density at radius 2 is 2.05 bits per heavy atom. The molecule has 0 amide bonds. The lowest BCUT2D eigenvalue weighted by Crippen LogP contribution is -2.20. The summed E-state index contributed by atoms with van der Waals surface area (Å²) in [4.78, 5) is 15.0. The van der Waals surface area contributed by atoms with Gasteiger partial charge in [0.15, 0.2) is 5.75 Å². The number of hydrogen-bond acceptors (Lipinski definition) is 4. The van der Waals surface area contributed by atoms with Gasteiger partial charge in [0.2, 0.25) is 0 Å². The van der Waals surface area contributed by atoms with Crippen LogP contribution in [0.1, 0.15) is 30.2 Å². The molecular weight excluding hydrogens is 381 g/mol. The van der Waals surface area contributed by atoms with Gasteiger partial charge in [0.25, 0.3) is 6.43 Å². The van der Waals surface area contributed by atoms with Crippen molar-refractivity contribution in [2.24, 2.45) is 0 Å². The third-order valence-electron chi connectivity index (χ3n) is 2.47. The highest BCUT2D eigenvalue weighted by Gasteiger charge is 2.35. The zero-order chi connectivity index (χ0) is 16.9. The van der Waals surface area contributed by atoms with Crippen molar-refractivity contribution in [1.82, 2.24) is 4.98 Å². The van der Waals surface area contributed by atoms with Gasteiger partial charge in [0.05, 0.1) is 30.5 Å². The number of aromatic nitrogens is 1. The largest absolute Gasteiger partial charge is 0.573 e. The number of nitrogens with zero attached hydrogens (tertiary/aromatic N) is 1. The van der Waals surface area contributed by atoms with Crippen LogP contribution in [0.2, 0.25) is 0 Å². The maximum Gasteiger partial charge on any atom is 0.573 e. The summed E-state index contributed by atoms with van der Waals surface area (Å²) < 4.78 is 71.2. The topological polar surface area (TPSA) is 48.4 Å². The molecule has 10 heteroatoms. The molecule has 0 saturated carbocycles. The van der Waals surface area contributed by atoms with Gasteiger partial charge >= 0.3 is 12.3 Å². The molecule has 1 aromatic rings. The molecule has 0 spiro atoms. The van der Waals surface area contributed by atoms with E-state index in [1.807, 2.05) is 0 Å². The second kappa shape index (κ2) is 7.70. The van der Waals surface area contributed by atoms with Crippen LogP contribution in [0.25, 0.3) is 0 Å². The Kier molecular flexibility index (Phi) is 6.51. The molecule has 0 saturated heterocycles. The summed E-state index contributed by atoms with van der Waals surface area (Å²) in [6, 6.07) is 0. The third kappa shape index (κ3) is 5.08. The molecule has 0 unspecified atom stereocenters. The Morgan fingerprint density at radius 1 is 1.41 bits per heavy atom. The molecule has 0 bridgehead atoms. The summed E-state index contributed by atoms with van der Waals surface area (Å²) >= 11 is 2.91. The van der Waals surface area contributed by atoms with Crippen LogP contribution in [-0.4, -0.2) is 23.9 Å². The van der Waals surface area contributed by atoms with Gasteiger partial charge in [-0.05, 0) is 12.5 Å². The molecule has 0 aliphatic rings. The first-order valence-corrected chi connectivity index (χ1v) is 7.07. The highest BCUT2D eigenvalue weighted by molar-refractivity contribution is 9.08. The van der Waals surface area contributed by atoms with Crippen molar-refractivity contribution < 1.29 is 36.2 Å². The summed E-state index contributed by atoms with van der Waals surface area (Å²) in [6.07, 6.45) is -8.26. The zero-order valence-electron chi connectivity index (χ0n) is 11.2. The van der Waals surface area contributed by atoms with Gasteiger partial charge in [-0.15, -0.1) is 13.2 Å². The summed E-state index contributed by atoms with van der Waals surface area (Å²) in [7, 11) is 0. The van der Waals surface area contributed by atoms with Gasteiger partial charge in [-0.1, -0.05) is 15.9 Å². The van der Waals surface area contributed by atoms with E-state index in [1.54, 1.807) is 6.92 Å². The Balaban J connectivity index is 3.27. The second-order valence-corrected chi connectivity index (χ2v) is 4.49. The van der Waals surface area contributed by atoms with Crippen LogP contribution in [0.15, 0.2) is 6.20 Å². The van der Waals surface area contributed by atoms with E-state index in [1.165, 1.54) is 0 Å². The number of halogens is 6. The van der Waals surface area contributed by atoms with Gasteiger partial charge < -0.3 is 9.47 Å². The number of carbonyl (C=O) groups is 1. The van der Waals surface area contributed by atoms with E-state index in [4.69, 9.17) is 0 Å². The van der Waals surface area contributed by atoms with Crippen LogP contribution in [0.4, 0.5) is 22.0 Å². The molecule has 0 radical (unpaired) electrons. The Morgan fingerprint density at radius 3 is 2.50 bits per heavy atom. The average Bonchev–Trinajstić information content (AvgIpc) is 2.38. The van der Waals surface area contributed by atoms with Crippen molar-refractivity contribution in [1.29, 1.82) is 0 Å². The lowest BCUT2D eigenvalue weighted by Gasteiger charge is -2.17. The number of pyridine rings is 1. The van der Waals surface area contributed by atoms with Crippen LogP contribution in [-0.2, 0) is 21.3 Å². The predicted octanol–water partition coefficient (Wildman–Crippen LogP) is 3.92. The predicted molar refractivity (Wildman–Crippen MR) is 68.8 cm³/mol. The molecule has 0 N–H and O–H groups in total. The Bertz CT molecular complexity index is 536. The molecular formula is C12H11BrF5NO3. The van der Waals surface area contributed by atoms with Crippen molar-refractivity contribution in [3.05, 3.63) is 23.0 Å². The number of alkyl halides is 6. The number of hydrogen-bond donors (Lipinski definition) is 0. The lowest BCUT2D eigenvalue weighted by atomic mass is 10.1. The van der Waals surface area contributed by atoms with Crippen molar-refractivity contribution in [2.75, 3.05) is 6.61 Å². The molecule has 1 heterocycles. The van der Waals surface area contributed by atoms with Crippen molar-refractivity contribution in [3.63, 3.8) is 0 Å². The van der Waals surface area contributed by atoms with Crippen molar-refractivity contribution >= 4 is 21.9 Å². The lowest BCUT2D eigenvalue weighted by molar-refractivity contribution is -0.275. The van der Waals surface area contributed by atoms with Gasteiger partial charge in [-0.25, -0.2) is 8.78 Å². The monoisotopic (exact) mass is 391 g/mol. The number of carbonyl (C=O) groups excluding carboxylic acids is 1. The van der Waals surface area contributed by atoms with E-state index in [0.717, 1.165) is 0 Å². The highest BCUT2D eigenvalue weighted by atomic mass is 79.9. The Labute approximate surface area is 130 Å². The summed E-state index contributed by atoms with van der Waals surface area (Å²) in [5.74, 6) is -1.81. The molecule has 0 aliphatic carbocycles. The molecule has 0 aliphatic heterocycles. The first-order chi connectivity index (χ1) is 10.2. The standard InChI is InChI=1S/C12H11BrF5NO3/c1-2-21-9(20)3-7-6(4-13)10(11(14)15)8(5-19-7)22-12(16,17)18/h5,11H,2-4H2,1H3. The Hall–Kier alpha value is -1.45. The number of ether oxygens (including phenoxy) is 2. The number of rotatable bonds is 6. The average molecular weight is 392 g/mol. The van der Waals surface area contributed by atoms with Gasteiger partial charge in [-0.3, -0.25) is 9.78 Å². The van der Waals surface area contributed by atoms with Crippen LogP contribution < -0.4 is 4.74 Å². The quantitative estimate of drug-likeness (QED) is 0.419. The molecule has 0 atom stereocenters. The summed E-state index contributed by atoms with van der Waals surface area (Å²) in [5, 5.41) is -0.219. The fourth-order valence-corrected chi connectivity index (χ4v) is 2.31. The fraction of sp³-hybridized carbons (Fsp3) is 0.500. The van der Waals surface area contributed by atoms with E-state index >= 15 is 0 Å². The maximum absolute atomic E-state index is 13.1. The van der Waals surface area contributed by atoms with Gasteiger partial charge in [0, 0.05) is 5.33 Å². The second-order valence-electron chi connectivity index (χ2n) is 3.93. The molecule has 124 valence electrons. The van der Waals surface area contributed by atoms with E-state index in [2.05, 4.69) is 30.4 Å². The van der Waals surface area contributed by atoms with Crippen LogP contribution >= 0.6 is 15.9 Å². The molecule has 0 fully saturated rings. The zero-order valence-corrected chi connectivity index (χ0v) is 12.8. The molecule has 0 aromatic carbocycles. The van der Waals surface area contributed by atoms with E-state index in [9.17, 15) is 26.7 Å². The molecule has 1 aromatic heterocycles. The normalized spacial score (nSPS) is 11.6. The van der Waals surface area contributed by atoms with Crippen LogP contribution in [0.5, 0.6) is 5.75 Å². The van der Waals surface area contributed by atoms with Gasteiger partial charge in [0.1, 0.15) is 0 Å². The number of esters is 1.